The van der Waals surface area contributed by atoms with Gasteiger partial charge in [-0.05, 0) is 31.4 Å². The molecule has 6 heteroatoms. The lowest BCUT2D eigenvalue weighted by atomic mass is 10.2. The van der Waals surface area contributed by atoms with Crippen molar-refractivity contribution < 1.29 is 9.90 Å². The standard InChI is InChI=1S/C18H18N4O2/c1-12-15-9-14(20-17(23)18(24)7-8-18)10-19-16(15)22(21-12)11-13-5-3-2-4-6-13/h2-6,9-10,24H,7-8,11H2,1H3,(H,20,23). The lowest BCUT2D eigenvalue weighted by Gasteiger charge is -2.09. The molecule has 122 valence electrons. The number of pyridine rings is 1. The van der Waals surface area contributed by atoms with Crippen molar-refractivity contribution in [3.05, 3.63) is 53.9 Å². The molecule has 1 aromatic carbocycles. The average molecular weight is 322 g/mol. The van der Waals surface area contributed by atoms with Crippen LogP contribution in [0.2, 0.25) is 0 Å². The minimum absolute atomic E-state index is 0.363. The SMILES string of the molecule is Cc1nn(Cc2ccccc2)c2ncc(NC(=O)C3(O)CC3)cc12. The van der Waals surface area contributed by atoms with Crippen molar-refractivity contribution in [3.63, 3.8) is 0 Å². The topological polar surface area (TPSA) is 80.0 Å². The normalized spacial score (nSPS) is 15.4. The number of benzene rings is 1. The van der Waals surface area contributed by atoms with Crippen molar-refractivity contribution in [3.8, 4) is 0 Å². The maximum atomic E-state index is 12.0. The number of anilines is 1. The van der Waals surface area contributed by atoms with Gasteiger partial charge in [0, 0.05) is 5.39 Å². The number of carbonyl (C=O) groups excluding carboxylic acids is 1. The minimum atomic E-state index is -1.19. The Bertz CT molecular complexity index is 913. The van der Waals surface area contributed by atoms with Gasteiger partial charge < -0.3 is 10.4 Å². The van der Waals surface area contributed by atoms with Gasteiger partial charge >= 0.3 is 0 Å². The highest BCUT2D eigenvalue weighted by molar-refractivity contribution is 6.00. The first-order valence-corrected chi connectivity index (χ1v) is 7.96. The quantitative estimate of drug-likeness (QED) is 0.772. The van der Waals surface area contributed by atoms with Crippen molar-refractivity contribution >= 4 is 22.6 Å². The Balaban J connectivity index is 1.63. The van der Waals surface area contributed by atoms with Crippen molar-refractivity contribution in [1.82, 2.24) is 14.8 Å². The van der Waals surface area contributed by atoms with E-state index in [0.29, 0.717) is 25.1 Å². The highest BCUT2D eigenvalue weighted by Crippen LogP contribution is 2.36. The number of aryl methyl sites for hydroxylation is 1. The molecule has 1 aliphatic carbocycles. The zero-order chi connectivity index (χ0) is 16.7. The maximum absolute atomic E-state index is 12.0. The van der Waals surface area contributed by atoms with E-state index in [9.17, 15) is 9.90 Å². The number of carbonyl (C=O) groups is 1. The van der Waals surface area contributed by atoms with Crippen LogP contribution in [0.3, 0.4) is 0 Å². The molecule has 0 saturated heterocycles. The lowest BCUT2D eigenvalue weighted by molar-refractivity contribution is -0.125. The Hall–Kier alpha value is -2.73. The lowest BCUT2D eigenvalue weighted by Crippen LogP contribution is -2.29. The molecule has 0 spiro atoms. The molecule has 4 rings (SSSR count). The predicted octanol–water partition coefficient (Wildman–Crippen LogP) is 2.25. The zero-order valence-corrected chi connectivity index (χ0v) is 13.4. The highest BCUT2D eigenvalue weighted by atomic mass is 16.3. The molecule has 1 aliphatic rings. The second kappa shape index (κ2) is 5.42. The molecule has 1 amide bonds. The van der Waals surface area contributed by atoms with Gasteiger partial charge in [0.15, 0.2) is 5.65 Å². The van der Waals surface area contributed by atoms with Crippen LogP contribution in [-0.2, 0) is 11.3 Å². The van der Waals surface area contributed by atoms with Crippen LogP contribution < -0.4 is 5.32 Å². The van der Waals surface area contributed by atoms with Crippen LogP contribution in [-0.4, -0.2) is 31.4 Å². The summed E-state index contributed by atoms with van der Waals surface area (Å²) < 4.78 is 1.86. The highest BCUT2D eigenvalue weighted by Gasteiger charge is 2.48. The molecule has 1 saturated carbocycles. The minimum Gasteiger partial charge on any atom is -0.380 e. The molecule has 2 heterocycles. The number of nitrogens with zero attached hydrogens (tertiary/aromatic N) is 3. The molecule has 0 radical (unpaired) electrons. The van der Waals surface area contributed by atoms with Crippen molar-refractivity contribution in [2.24, 2.45) is 0 Å². The number of aromatic nitrogens is 3. The van der Waals surface area contributed by atoms with Crippen LogP contribution in [0, 0.1) is 6.92 Å². The molecule has 0 atom stereocenters. The third-order valence-corrected chi connectivity index (χ3v) is 4.35. The van der Waals surface area contributed by atoms with E-state index in [2.05, 4.69) is 15.4 Å². The molecular formula is C18H18N4O2. The molecule has 0 aliphatic heterocycles. The third-order valence-electron chi connectivity index (χ3n) is 4.35. The van der Waals surface area contributed by atoms with Gasteiger partial charge in [0.1, 0.15) is 5.60 Å². The fourth-order valence-electron chi connectivity index (χ4n) is 2.74. The first-order chi connectivity index (χ1) is 11.5. The number of aliphatic hydroxyl groups is 1. The monoisotopic (exact) mass is 322 g/mol. The van der Waals surface area contributed by atoms with E-state index in [1.165, 1.54) is 0 Å². The van der Waals surface area contributed by atoms with Crippen LogP contribution in [0.5, 0.6) is 0 Å². The van der Waals surface area contributed by atoms with E-state index >= 15 is 0 Å². The summed E-state index contributed by atoms with van der Waals surface area (Å²) in [5.74, 6) is -0.363. The molecule has 6 nitrogen and oxygen atoms in total. The number of rotatable bonds is 4. The Morgan fingerprint density at radius 1 is 1.33 bits per heavy atom. The Morgan fingerprint density at radius 2 is 2.08 bits per heavy atom. The molecule has 0 bridgehead atoms. The number of hydrogen-bond acceptors (Lipinski definition) is 4. The summed E-state index contributed by atoms with van der Waals surface area (Å²) >= 11 is 0. The van der Waals surface area contributed by atoms with Crippen LogP contribution in [0.4, 0.5) is 5.69 Å². The fraction of sp³-hybridized carbons (Fsp3) is 0.278. The molecule has 2 aromatic heterocycles. The van der Waals surface area contributed by atoms with Crippen LogP contribution in [0.15, 0.2) is 42.6 Å². The van der Waals surface area contributed by atoms with Gasteiger partial charge in [0.05, 0.1) is 24.1 Å². The van der Waals surface area contributed by atoms with E-state index in [-0.39, 0.29) is 5.91 Å². The molecule has 3 aromatic rings. The van der Waals surface area contributed by atoms with Gasteiger partial charge in [-0.15, -0.1) is 0 Å². The second-order valence-electron chi connectivity index (χ2n) is 6.31. The van der Waals surface area contributed by atoms with Gasteiger partial charge in [-0.3, -0.25) is 4.79 Å². The maximum Gasteiger partial charge on any atom is 0.256 e. The third kappa shape index (κ3) is 2.65. The molecule has 0 unspecified atom stereocenters. The van der Waals surface area contributed by atoms with Crippen molar-refractivity contribution in [2.75, 3.05) is 5.32 Å². The fourth-order valence-corrected chi connectivity index (χ4v) is 2.74. The van der Waals surface area contributed by atoms with Gasteiger partial charge in [-0.2, -0.15) is 5.10 Å². The largest absolute Gasteiger partial charge is 0.380 e. The molecule has 1 fully saturated rings. The number of nitrogens with one attached hydrogen (secondary N) is 1. The summed E-state index contributed by atoms with van der Waals surface area (Å²) in [6.45, 7) is 2.56. The Kier molecular flexibility index (Phi) is 3.35. The first-order valence-electron chi connectivity index (χ1n) is 7.96. The summed E-state index contributed by atoms with van der Waals surface area (Å²) in [6.07, 6.45) is 2.64. The Morgan fingerprint density at radius 3 is 2.79 bits per heavy atom. The van der Waals surface area contributed by atoms with E-state index in [1.807, 2.05) is 48.0 Å². The zero-order valence-electron chi connectivity index (χ0n) is 13.4. The average Bonchev–Trinajstić information content (AvgIpc) is 3.27. The van der Waals surface area contributed by atoms with Crippen LogP contribution in [0.25, 0.3) is 11.0 Å². The van der Waals surface area contributed by atoms with Crippen molar-refractivity contribution in [2.45, 2.75) is 31.9 Å². The predicted molar refractivity (Wildman–Crippen MR) is 90.6 cm³/mol. The van der Waals surface area contributed by atoms with E-state index < -0.39 is 5.60 Å². The molecule has 24 heavy (non-hydrogen) atoms. The first kappa shape index (κ1) is 14.8. The van der Waals surface area contributed by atoms with Crippen molar-refractivity contribution in [1.29, 1.82) is 0 Å². The Labute approximate surface area is 139 Å². The van der Waals surface area contributed by atoms with Gasteiger partial charge in [0.25, 0.3) is 5.91 Å². The summed E-state index contributed by atoms with van der Waals surface area (Å²) in [5.41, 5.74) is 2.17. The van der Waals surface area contributed by atoms with Gasteiger partial charge in [-0.25, -0.2) is 9.67 Å². The van der Waals surface area contributed by atoms with E-state index in [4.69, 9.17) is 0 Å². The van der Waals surface area contributed by atoms with E-state index in [0.717, 1.165) is 22.3 Å². The summed E-state index contributed by atoms with van der Waals surface area (Å²) in [5, 5.41) is 18.0. The van der Waals surface area contributed by atoms with E-state index in [1.54, 1.807) is 6.20 Å². The number of fused-ring (bicyclic) bond motifs is 1. The number of amides is 1. The summed E-state index contributed by atoms with van der Waals surface area (Å²) in [4.78, 5) is 16.4. The smallest absolute Gasteiger partial charge is 0.256 e. The van der Waals surface area contributed by atoms with Gasteiger partial charge in [-0.1, -0.05) is 30.3 Å². The molecule has 2 N–H and O–H groups in total. The van der Waals surface area contributed by atoms with Crippen LogP contribution in [0.1, 0.15) is 24.1 Å². The summed E-state index contributed by atoms with van der Waals surface area (Å²) in [7, 11) is 0. The summed E-state index contributed by atoms with van der Waals surface area (Å²) in [6, 6.07) is 11.9. The molecular weight excluding hydrogens is 304 g/mol. The second-order valence-corrected chi connectivity index (χ2v) is 6.31. The van der Waals surface area contributed by atoms with Crippen LogP contribution >= 0.6 is 0 Å². The number of hydrogen-bond donors (Lipinski definition) is 2. The van der Waals surface area contributed by atoms with Gasteiger partial charge in [0.2, 0.25) is 0 Å².